The van der Waals surface area contributed by atoms with E-state index in [1.165, 1.54) is 0 Å². The van der Waals surface area contributed by atoms with Gasteiger partial charge in [-0.1, -0.05) is 19.0 Å². The molecule has 1 aliphatic rings. The summed E-state index contributed by atoms with van der Waals surface area (Å²) in [6.07, 6.45) is 1.49. The highest BCUT2D eigenvalue weighted by molar-refractivity contribution is 6.06. The number of aromatic nitrogens is 1. The standard InChI is InChI=1S/C18H21N3O3/c1-11(2)17-16(12(3)20-24-17)18(23)19-13-6-8-14(9-7-13)21-10-4-5-15(21)22/h6-9,11H,4-5,10H2,1-3H3,(H,19,23). The van der Waals surface area contributed by atoms with Crippen LogP contribution in [-0.4, -0.2) is 23.5 Å². The van der Waals surface area contributed by atoms with Crippen LogP contribution in [0.1, 0.15) is 54.4 Å². The van der Waals surface area contributed by atoms with E-state index in [9.17, 15) is 9.59 Å². The normalized spacial score (nSPS) is 14.5. The highest BCUT2D eigenvalue weighted by Crippen LogP contribution is 2.25. The van der Waals surface area contributed by atoms with Crippen molar-refractivity contribution in [3.8, 4) is 0 Å². The van der Waals surface area contributed by atoms with Crippen LogP contribution >= 0.6 is 0 Å². The van der Waals surface area contributed by atoms with E-state index in [4.69, 9.17) is 4.52 Å². The van der Waals surface area contributed by atoms with E-state index >= 15 is 0 Å². The van der Waals surface area contributed by atoms with Gasteiger partial charge in [-0.15, -0.1) is 0 Å². The van der Waals surface area contributed by atoms with Crippen LogP contribution in [0.4, 0.5) is 11.4 Å². The molecule has 6 nitrogen and oxygen atoms in total. The Balaban J connectivity index is 1.76. The molecule has 1 aliphatic heterocycles. The Morgan fingerprint density at radius 3 is 2.58 bits per heavy atom. The van der Waals surface area contributed by atoms with Gasteiger partial charge in [0.2, 0.25) is 5.91 Å². The van der Waals surface area contributed by atoms with Crippen molar-refractivity contribution < 1.29 is 14.1 Å². The molecule has 1 N–H and O–H groups in total. The van der Waals surface area contributed by atoms with Crippen LogP contribution in [0.25, 0.3) is 0 Å². The van der Waals surface area contributed by atoms with Gasteiger partial charge in [-0.05, 0) is 37.6 Å². The highest BCUT2D eigenvalue weighted by atomic mass is 16.5. The maximum Gasteiger partial charge on any atom is 0.261 e. The smallest absolute Gasteiger partial charge is 0.261 e. The molecule has 0 spiro atoms. The van der Waals surface area contributed by atoms with E-state index in [-0.39, 0.29) is 17.7 Å². The van der Waals surface area contributed by atoms with Crippen molar-refractivity contribution >= 4 is 23.2 Å². The number of rotatable bonds is 4. The van der Waals surface area contributed by atoms with E-state index in [1.54, 1.807) is 24.0 Å². The van der Waals surface area contributed by atoms with Crippen LogP contribution in [0.15, 0.2) is 28.8 Å². The molecule has 1 saturated heterocycles. The van der Waals surface area contributed by atoms with Crippen molar-refractivity contribution in [2.75, 3.05) is 16.8 Å². The molecule has 2 aromatic rings. The predicted molar refractivity (Wildman–Crippen MR) is 91.3 cm³/mol. The van der Waals surface area contributed by atoms with Gasteiger partial charge in [-0.25, -0.2) is 0 Å². The van der Waals surface area contributed by atoms with Crippen molar-refractivity contribution in [3.05, 3.63) is 41.3 Å². The Morgan fingerprint density at radius 2 is 2.00 bits per heavy atom. The minimum atomic E-state index is -0.234. The fraction of sp³-hybridized carbons (Fsp3) is 0.389. The molecule has 0 bridgehead atoms. The van der Waals surface area contributed by atoms with Crippen LogP contribution in [-0.2, 0) is 4.79 Å². The lowest BCUT2D eigenvalue weighted by atomic mass is 10.0. The monoisotopic (exact) mass is 327 g/mol. The molecule has 0 atom stereocenters. The molecule has 6 heteroatoms. The molecule has 1 aromatic heterocycles. The highest BCUT2D eigenvalue weighted by Gasteiger charge is 2.23. The molecule has 24 heavy (non-hydrogen) atoms. The summed E-state index contributed by atoms with van der Waals surface area (Å²) in [5, 5.41) is 6.76. The number of carbonyl (C=O) groups excluding carboxylic acids is 2. The van der Waals surface area contributed by atoms with Gasteiger partial charge >= 0.3 is 0 Å². The molecular weight excluding hydrogens is 306 g/mol. The number of carbonyl (C=O) groups is 2. The summed E-state index contributed by atoms with van der Waals surface area (Å²) in [5.41, 5.74) is 2.60. The maximum atomic E-state index is 12.5. The van der Waals surface area contributed by atoms with Crippen LogP contribution in [0.2, 0.25) is 0 Å². The van der Waals surface area contributed by atoms with Gasteiger partial charge in [0.15, 0.2) is 5.76 Å². The number of amides is 2. The lowest BCUT2D eigenvalue weighted by molar-refractivity contribution is -0.117. The molecule has 1 aromatic carbocycles. The molecule has 3 rings (SSSR count). The van der Waals surface area contributed by atoms with Crippen LogP contribution in [0.3, 0.4) is 0 Å². The number of benzene rings is 1. The third-order valence-electron chi connectivity index (χ3n) is 4.15. The van der Waals surface area contributed by atoms with Gasteiger partial charge < -0.3 is 14.7 Å². The molecule has 126 valence electrons. The fourth-order valence-electron chi connectivity index (χ4n) is 2.90. The van der Waals surface area contributed by atoms with E-state index in [0.29, 0.717) is 29.1 Å². The van der Waals surface area contributed by atoms with Crippen LogP contribution in [0, 0.1) is 6.92 Å². The van der Waals surface area contributed by atoms with Gasteiger partial charge in [0.1, 0.15) is 5.56 Å². The first kappa shape index (κ1) is 16.2. The Kier molecular flexibility index (Phi) is 4.38. The second kappa shape index (κ2) is 6.47. The number of anilines is 2. The molecule has 0 radical (unpaired) electrons. The van der Waals surface area contributed by atoms with E-state index in [0.717, 1.165) is 18.7 Å². The zero-order chi connectivity index (χ0) is 17.3. The van der Waals surface area contributed by atoms with Gasteiger partial charge in [0.25, 0.3) is 5.91 Å². The van der Waals surface area contributed by atoms with Gasteiger partial charge in [0.05, 0.1) is 5.69 Å². The zero-order valence-corrected chi connectivity index (χ0v) is 14.1. The van der Waals surface area contributed by atoms with Crippen molar-refractivity contribution in [3.63, 3.8) is 0 Å². The first-order valence-corrected chi connectivity index (χ1v) is 8.15. The zero-order valence-electron chi connectivity index (χ0n) is 14.1. The average molecular weight is 327 g/mol. The number of aryl methyl sites for hydroxylation is 1. The number of hydrogen-bond donors (Lipinski definition) is 1. The molecular formula is C18H21N3O3. The molecule has 2 amide bonds. The summed E-state index contributed by atoms with van der Waals surface area (Å²) in [6, 6.07) is 7.30. The minimum Gasteiger partial charge on any atom is -0.360 e. The minimum absolute atomic E-state index is 0.0792. The Labute approximate surface area is 140 Å². The third kappa shape index (κ3) is 3.04. The lowest BCUT2D eigenvalue weighted by Gasteiger charge is -2.16. The third-order valence-corrected chi connectivity index (χ3v) is 4.15. The summed E-state index contributed by atoms with van der Waals surface area (Å²) in [4.78, 5) is 26.1. The molecule has 0 saturated carbocycles. The second-order valence-electron chi connectivity index (χ2n) is 6.31. The van der Waals surface area contributed by atoms with E-state index in [2.05, 4.69) is 10.5 Å². The van der Waals surface area contributed by atoms with Crippen molar-refractivity contribution in [1.82, 2.24) is 5.16 Å². The Bertz CT molecular complexity index is 762. The lowest BCUT2D eigenvalue weighted by Crippen LogP contribution is -2.23. The Morgan fingerprint density at radius 1 is 1.29 bits per heavy atom. The van der Waals surface area contributed by atoms with E-state index in [1.807, 2.05) is 26.0 Å². The van der Waals surface area contributed by atoms with Crippen molar-refractivity contribution in [2.45, 2.75) is 39.5 Å². The summed E-state index contributed by atoms with van der Waals surface area (Å²) in [5.74, 6) is 0.579. The summed E-state index contributed by atoms with van der Waals surface area (Å²) in [6.45, 7) is 6.42. The summed E-state index contributed by atoms with van der Waals surface area (Å²) in [7, 11) is 0. The predicted octanol–water partition coefficient (Wildman–Crippen LogP) is 3.49. The first-order valence-electron chi connectivity index (χ1n) is 8.15. The topological polar surface area (TPSA) is 75.4 Å². The fourth-order valence-corrected chi connectivity index (χ4v) is 2.90. The molecule has 1 fully saturated rings. The van der Waals surface area contributed by atoms with Gasteiger partial charge in [0, 0.05) is 30.3 Å². The maximum absolute atomic E-state index is 12.5. The molecule has 0 unspecified atom stereocenters. The molecule has 0 aliphatic carbocycles. The first-order chi connectivity index (χ1) is 11.5. The van der Waals surface area contributed by atoms with Gasteiger partial charge in [-0.3, -0.25) is 9.59 Å². The molecule has 2 heterocycles. The SMILES string of the molecule is Cc1noc(C(C)C)c1C(=O)Nc1ccc(N2CCCC2=O)cc1. The van der Waals surface area contributed by atoms with Crippen molar-refractivity contribution in [2.24, 2.45) is 0 Å². The summed E-state index contributed by atoms with van der Waals surface area (Å²) >= 11 is 0. The largest absolute Gasteiger partial charge is 0.360 e. The average Bonchev–Trinajstić information content (AvgIpc) is 3.14. The Hall–Kier alpha value is -2.63. The van der Waals surface area contributed by atoms with E-state index < -0.39 is 0 Å². The van der Waals surface area contributed by atoms with Crippen LogP contribution in [0.5, 0.6) is 0 Å². The number of nitrogens with one attached hydrogen (secondary N) is 1. The second-order valence-corrected chi connectivity index (χ2v) is 6.31. The van der Waals surface area contributed by atoms with Crippen molar-refractivity contribution in [1.29, 1.82) is 0 Å². The quantitative estimate of drug-likeness (QED) is 0.933. The van der Waals surface area contributed by atoms with Crippen LogP contribution < -0.4 is 10.2 Å². The summed E-state index contributed by atoms with van der Waals surface area (Å²) < 4.78 is 5.26. The number of nitrogens with zero attached hydrogens (tertiary/aromatic N) is 2. The van der Waals surface area contributed by atoms with Gasteiger partial charge in [-0.2, -0.15) is 0 Å². The number of hydrogen-bond acceptors (Lipinski definition) is 4.